The number of unbranched alkanes of at least 4 members (excludes halogenated alkanes) is 2. The molecule has 1 aromatic rings. The first-order valence-electron chi connectivity index (χ1n) is 4.83. The monoisotopic (exact) mass is 213 g/mol. The van der Waals surface area contributed by atoms with Gasteiger partial charge in [0.25, 0.3) is 0 Å². The maximum absolute atomic E-state index is 10.8. The molecule has 0 spiro atoms. The number of rotatable bonds is 4. The first kappa shape index (κ1) is 11.0. The minimum atomic E-state index is -2.13. The minimum Gasteiger partial charge on any atom is -0.335 e. The highest BCUT2D eigenvalue weighted by Gasteiger charge is 1.92. The summed E-state index contributed by atoms with van der Waals surface area (Å²) in [7, 11) is -2.13. The molecular weight excluding hydrogens is 198 g/mol. The van der Waals surface area contributed by atoms with Crippen LogP contribution in [0.4, 0.5) is 0 Å². The predicted molar refractivity (Wildman–Crippen MR) is 56.1 cm³/mol. The number of hydrogen-bond donors (Lipinski definition) is 0. The van der Waals surface area contributed by atoms with Crippen LogP contribution in [-0.2, 0) is 16.8 Å². The Kier molecular flexibility index (Phi) is 4.46. The summed E-state index contributed by atoms with van der Waals surface area (Å²) in [5.74, 6) is 0. The van der Waals surface area contributed by atoms with E-state index in [-0.39, 0.29) is 0 Å². The van der Waals surface area contributed by atoms with E-state index >= 15 is 0 Å². The van der Waals surface area contributed by atoms with Gasteiger partial charge in [0.2, 0.25) is 10.3 Å². The summed E-state index contributed by atoms with van der Waals surface area (Å²) < 4.78 is 23.8. The lowest BCUT2D eigenvalue weighted by Gasteiger charge is -2.04. The molecule has 0 N–H and O–H groups in total. The molecule has 78 valence electrons. The van der Waals surface area contributed by atoms with Crippen LogP contribution in [-0.4, -0.2) is 13.0 Å². The van der Waals surface area contributed by atoms with Crippen molar-refractivity contribution in [2.24, 2.45) is 0 Å². The van der Waals surface area contributed by atoms with Gasteiger partial charge >= 0.3 is 0 Å². The molecule has 4 heteroatoms. The van der Waals surface area contributed by atoms with Gasteiger partial charge in [-0.1, -0.05) is 25.8 Å². The van der Waals surface area contributed by atoms with Gasteiger partial charge in [-0.25, -0.2) is 0 Å². The molecule has 0 amide bonds. The van der Waals surface area contributed by atoms with E-state index in [1.807, 2.05) is 6.07 Å². The van der Waals surface area contributed by atoms with Crippen molar-refractivity contribution in [1.29, 1.82) is 0 Å². The van der Waals surface area contributed by atoms with Crippen molar-refractivity contribution in [3.05, 3.63) is 29.0 Å². The largest absolute Gasteiger partial charge is 0.335 e. The predicted octanol–water partition coefficient (Wildman–Crippen LogP) is 2.09. The molecular formula is C10H15NO2S. The van der Waals surface area contributed by atoms with Crippen LogP contribution in [0.1, 0.15) is 26.2 Å². The Bertz CT molecular complexity index is 437. The summed E-state index contributed by atoms with van der Waals surface area (Å²) in [4.78, 5) is 0. The quantitative estimate of drug-likeness (QED) is 0.567. The molecule has 1 aromatic heterocycles. The number of hydrogen-bond acceptors (Lipinski definition) is 2. The van der Waals surface area contributed by atoms with Gasteiger partial charge in [0.1, 0.15) is 0 Å². The van der Waals surface area contributed by atoms with Crippen molar-refractivity contribution in [2.45, 2.75) is 32.7 Å². The van der Waals surface area contributed by atoms with Crippen molar-refractivity contribution in [3.63, 3.8) is 0 Å². The van der Waals surface area contributed by atoms with Crippen molar-refractivity contribution < 1.29 is 8.42 Å². The third-order valence-corrected chi connectivity index (χ3v) is 2.78. The van der Waals surface area contributed by atoms with Gasteiger partial charge in [0, 0.05) is 12.7 Å². The molecule has 0 aliphatic carbocycles. The van der Waals surface area contributed by atoms with Gasteiger partial charge in [-0.05, 0) is 18.6 Å². The van der Waals surface area contributed by atoms with Crippen LogP contribution in [0.3, 0.4) is 0 Å². The smallest absolute Gasteiger partial charge is 0.238 e. The van der Waals surface area contributed by atoms with Gasteiger partial charge in [0.15, 0.2) is 4.64 Å². The fraction of sp³-hybridized carbons (Fsp3) is 0.500. The summed E-state index contributed by atoms with van der Waals surface area (Å²) in [6, 6.07) is 5.21. The van der Waals surface area contributed by atoms with Crippen LogP contribution in [0.5, 0.6) is 0 Å². The summed E-state index contributed by atoms with van der Waals surface area (Å²) in [6.07, 6.45) is 5.10. The highest BCUT2D eigenvalue weighted by Crippen LogP contribution is 1.99. The molecule has 0 saturated heterocycles. The second-order valence-electron chi connectivity index (χ2n) is 3.17. The summed E-state index contributed by atoms with van der Waals surface area (Å²) in [6.45, 7) is 2.90. The molecule has 0 unspecified atom stereocenters. The SMILES string of the molecule is CCCCCn1ccccc1=S(=O)=O. The Morgan fingerprint density at radius 2 is 2.07 bits per heavy atom. The molecule has 0 atom stereocenters. The van der Waals surface area contributed by atoms with Crippen LogP contribution in [0.15, 0.2) is 24.4 Å². The lowest BCUT2D eigenvalue weighted by Crippen LogP contribution is -2.00. The van der Waals surface area contributed by atoms with Crippen LogP contribution in [0.25, 0.3) is 0 Å². The second-order valence-corrected chi connectivity index (χ2v) is 4.06. The van der Waals surface area contributed by atoms with E-state index in [1.54, 1.807) is 22.9 Å². The average molecular weight is 213 g/mol. The highest BCUT2D eigenvalue weighted by molar-refractivity contribution is 7.63. The zero-order valence-corrected chi connectivity index (χ0v) is 9.13. The molecule has 0 aliphatic rings. The molecule has 0 fully saturated rings. The Labute approximate surface area is 85.5 Å². The van der Waals surface area contributed by atoms with E-state index in [9.17, 15) is 8.42 Å². The molecule has 0 bridgehead atoms. The lowest BCUT2D eigenvalue weighted by atomic mass is 10.2. The van der Waals surface area contributed by atoms with Crippen LogP contribution >= 0.6 is 0 Å². The maximum atomic E-state index is 10.8. The number of pyridine rings is 1. The standard InChI is InChI=1S/C10H15NO2S/c1-2-3-5-8-11-9-6-4-7-10(11)14(12)13/h4,6-7,9H,2-3,5,8H2,1H3. The highest BCUT2D eigenvalue weighted by atomic mass is 32.2. The van der Waals surface area contributed by atoms with Gasteiger partial charge < -0.3 is 4.57 Å². The van der Waals surface area contributed by atoms with E-state index < -0.39 is 10.3 Å². The second kappa shape index (κ2) is 5.65. The fourth-order valence-corrected chi connectivity index (χ4v) is 1.86. The normalized spacial score (nSPS) is 10.1. The summed E-state index contributed by atoms with van der Waals surface area (Å²) >= 11 is 0. The average Bonchev–Trinajstić information content (AvgIpc) is 2.19. The van der Waals surface area contributed by atoms with Crippen molar-refractivity contribution in [1.82, 2.24) is 4.57 Å². The third-order valence-electron chi connectivity index (χ3n) is 2.07. The van der Waals surface area contributed by atoms with E-state index in [2.05, 4.69) is 6.92 Å². The number of aromatic nitrogens is 1. The Morgan fingerprint density at radius 3 is 2.71 bits per heavy atom. The first-order valence-corrected chi connectivity index (χ1v) is 5.91. The molecule has 1 rings (SSSR count). The van der Waals surface area contributed by atoms with Crippen molar-refractivity contribution in [2.75, 3.05) is 0 Å². The van der Waals surface area contributed by atoms with Crippen molar-refractivity contribution in [3.8, 4) is 0 Å². The molecule has 0 radical (unpaired) electrons. The minimum absolute atomic E-state index is 0.364. The Morgan fingerprint density at radius 1 is 1.29 bits per heavy atom. The summed E-state index contributed by atoms with van der Waals surface area (Å²) in [5.41, 5.74) is 0. The van der Waals surface area contributed by atoms with E-state index in [4.69, 9.17) is 0 Å². The number of aryl methyl sites for hydroxylation is 1. The third kappa shape index (κ3) is 3.03. The van der Waals surface area contributed by atoms with Crippen LogP contribution in [0.2, 0.25) is 0 Å². The molecule has 14 heavy (non-hydrogen) atoms. The van der Waals surface area contributed by atoms with Gasteiger partial charge in [-0.3, -0.25) is 0 Å². The van der Waals surface area contributed by atoms with Crippen molar-refractivity contribution >= 4 is 10.3 Å². The molecule has 0 aliphatic heterocycles. The Balaban J connectivity index is 2.93. The first-order chi connectivity index (χ1) is 6.75. The van der Waals surface area contributed by atoms with Crippen LogP contribution in [0, 0.1) is 4.64 Å². The van der Waals surface area contributed by atoms with E-state index in [0.717, 1.165) is 25.8 Å². The lowest BCUT2D eigenvalue weighted by molar-refractivity contribution is 0.587. The molecule has 0 aromatic carbocycles. The van der Waals surface area contributed by atoms with E-state index in [0.29, 0.717) is 4.64 Å². The van der Waals surface area contributed by atoms with Gasteiger partial charge in [-0.15, -0.1) is 0 Å². The van der Waals surface area contributed by atoms with E-state index in [1.165, 1.54) is 0 Å². The Hall–Kier alpha value is -1.03. The van der Waals surface area contributed by atoms with Crippen LogP contribution < -0.4 is 0 Å². The zero-order chi connectivity index (χ0) is 10.4. The van der Waals surface area contributed by atoms with Gasteiger partial charge in [-0.2, -0.15) is 8.42 Å². The fourth-order valence-electron chi connectivity index (χ4n) is 1.33. The molecule has 3 nitrogen and oxygen atoms in total. The molecule has 1 heterocycles. The maximum Gasteiger partial charge on any atom is 0.238 e. The van der Waals surface area contributed by atoms with Gasteiger partial charge in [0.05, 0.1) is 0 Å². The molecule has 0 saturated carbocycles. The summed E-state index contributed by atoms with van der Waals surface area (Å²) in [5, 5.41) is 0. The topological polar surface area (TPSA) is 39.1 Å². The zero-order valence-electron chi connectivity index (χ0n) is 8.31. The number of nitrogens with zero attached hydrogens (tertiary/aromatic N) is 1.